The van der Waals surface area contributed by atoms with Crippen molar-refractivity contribution in [3.05, 3.63) is 43.5 Å². The van der Waals surface area contributed by atoms with E-state index in [1.165, 1.54) is 16.7 Å². The Kier molecular flexibility index (Phi) is 4.16. The lowest BCUT2D eigenvalue weighted by Gasteiger charge is -2.08. The van der Waals surface area contributed by atoms with Gasteiger partial charge in [-0.3, -0.25) is 14.2 Å². The van der Waals surface area contributed by atoms with Crippen molar-refractivity contribution in [1.82, 2.24) is 4.57 Å². The van der Waals surface area contributed by atoms with Crippen LogP contribution in [-0.2, 0) is 11.3 Å². The van der Waals surface area contributed by atoms with E-state index in [0.717, 1.165) is 11.3 Å². The molecule has 0 saturated carbocycles. The van der Waals surface area contributed by atoms with Crippen LogP contribution in [0.3, 0.4) is 0 Å². The smallest absolute Gasteiger partial charge is 0.307 e. The Morgan fingerprint density at radius 1 is 1.47 bits per heavy atom. The molecule has 0 spiro atoms. The quantitative estimate of drug-likeness (QED) is 0.926. The van der Waals surface area contributed by atoms with E-state index in [9.17, 15) is 14.0 Å². The summed E-state index contributed by atoms with van der Waals surface area (Å²) in [5.74, 6) is -1.35. The number of aromatic nitrogens is 1. The van der Waals surface area contributed by atoms with Crippen molar-refractivity contribution in [3.63, 3.8) is 0 Å². The number of benzene rings is 1. The summed E-state index contributed by atoms with van der Waals surface area (Å²) in [4.78, 5) is 22.1. The lowest BCUT2D eigenvalue weighted by atomic mass is 10.1. The Labute approximate surface area is 120 Å². The van der Waals surface area contributed by atoms with Gasteiger partial charge in [0.05, 0.1) is 12.1 Å². The highest BCUT2D eigenvalue weighted by Gasteiger charge is 2.13. The molecule has 4 nitrogen and oxygen atoms in total. The van der Waals surface area contributed by atoms with Crippen LogP contribution in [0.25, 0.3) is 11.3 Å². The third-order valence-corrected chi connectivity index (χ3v) is 3.96. The predicted molar refractivity (Wildman–Crippen MR) is 73.9 cm³/mol. The zero-order chi connectivity index (χ0) is 14.0. The van der Waals surface area contributed by atoms with Gasteiger partial charge in [0.2, 0.25) is 0 Å². The lowest BCUT2D eigenvalue weighted by Crippen LogP contribution is -2.16. The number of carbonyl (C=O) groups is 1. The van der Waals surface area contributed by atoms with Crippen LogP contribution in [0.4, 0.5) is 4.39 Å². The maximum atomic E-state index is 13.0. The van der Waals surface area contributed by atoms with Gasteiger partial charge in [0, 0.05) is 22.0 Å². The molecule has 1 aromatic carbocycles. The first-order chi connectivity index (χ1) is 8.99. The predicted octanol–water partition coefficient (Wildman–Crippen LogP) is 2.95. The minimum Gasteiger partial charge on any atom is -0.481 e. The number of halogens is 2. The summed E-state index contributed by atoms with van der Waals surface area (Å²) in [6, 6.07) is 4.15. The fraction of sp³-hybridized carbons (Fsp3) is 0.167. The van der Waals surface area contributed by atoms with Crippen molar-refractivity contribution >= 4 is 33.2 Å². The van der Waals surface area contributed by atoms with Gasteiger partial charge >= 0.3 is 10.8 Å². The summed E-state index contributed by atoms with van der Waals surface area (Å²) in [6.07, 6.45) is -0.136. The maximum Gasteiger partial charge on any atom is 0.307 e. The average molecular weight is 346 g/mol. The van der Waals surface area contributed by atoms with Gasteiger partial charge in [-0.05, 0) is 34.1 Å². The molecule has 0 aliphatic rings. The molecule has 2 aromatic rings. The van der Waals surface area contributed by atoms with Crippen LogP contribution in [0, 0.1) is 5.82 Å². The van der Waals surface area contributed by atoms with E-state index in [1.807, 2.05) is 0 Å². The molecule has 100 valence electrons. The molecule has 0 amide bonds. The highest BCUT2D eigenvalue weighted by Crippen LogP contribution is 2.29. The minimum absolute atomic E-state index is 0.0941. The number of thiazole rings is 1. The number of carboxylic acids is 1. The normalized spacial score (nSPS) is 10.6. The molecule has 2 rings (SSSR count). The van der Waals surface area contributed by atoms with Gasteiger partial charge in [-0.1, -0.05) is 11.3 Å². The Balaban J connectivity index is 2.45. The number of hydrogen-bond acceptors (Lipinski definition) is 3. The molecule has 0 saturated heterocycles. The van der Waals surface area contributed by atoms with E-state index in [0.29, 0.717) is 15.7 Å². The van der Waals surface area contributed by atoms with Crippen LogP contribution in [-0.4, -0.2) is 15.6 Å². The average Bonchev–Trinajstić information content (AvgIpc) is 2.68. The molecular formula is C12H9BrFNO3S. The molecular weight excluding hydrogens is 337 g/mol. The van der Waals surface area contributed by atoms with Gasteiger partial charge in [0.15, 0.2) is 0 Å². The van der Waals surface area contributed by atoms with Crippen LogP contribution < -0.4 is 4.87 Å². The molecule has 0 unspecified atom stereocenters. The third-order valence-electron chi connectivity index (χ3n) is 2.54. The lowest BCUT2D eigenvalue weighted by molar-refractivity contribution is -0.137. The van der Waals surface area contributed by atoms with Gasteiger partial charge in [0.25, 0.3) is 0 Å². The van der Waals surface area contributed by atoms with Crippen LogP contribution in [0.5, 0.6) is 0 Å². The second-order valence-corrected chi connectivity index (χ2v) is 5.48. The first kappa shape index (κ1) is 14.0. The summed E-state index contributed by atoms with van der Waals surface area (Å²) in [6.45, 7) is 0.0941. The van der Waals surface area contributed by atoms with E-state index in [4.69, 9.17) is 5.11 Å². The Hall–Kier alpha value is -1.47. The monoisotopic (exact) mass is 345 g/mol. The Morgan fingerprint density at radius 3 is 2.84 bits per heavy atom. The van der Waals surface area contributed by atoms with Crippen molar-refractivity contribution in [2.45, 2.75) is 13.0 Å². The summed E-state index contributed by atoms with van der Waals surface area (Å²) in [7, 11) is 0. The number of nitrogens with zero attached hydrogens (tertiary/aromatic N) is 1. The van der Waals surface area contributed by atoms with Gasteiger partial charge in [-0.2, -0.15) is 0 Å². The van der Waals surface area contributed by atoms with Gasteiger partial charge in [-0.25, -0.2) is 4.39 Å². The second kappa shape index (κ2) is 5.66. The molecule has 0 bridgehead atoms. The molecule has 19 heavy (non-hydrogen) atoms. The number of rotatable bonds is 4. The first-order valence-electron chi connectivity index (χ1n) is 5.34. The Bertz CT molecular complexity index is 680. The topological polar surface area (TPSA) is 59.3 Å². The number of aliphatic carboxylic acids is 1. The minimum atomic E-state index is -0.970. The zero-order valence-corrected chi connectivity index (χ0v) is 12.0. The van der Waals surface area contributed by atoms with Crippen LogP contribution in [0.2, 0.25) is 0 Å². The van der Waals surface area contributed by atoms with Crippen LogP contribution in [0.1, 0.15) is 6.42 Å². The molecule has 0 fully saturated rings. The molecule has 7 heteroatoms. The van der Waals surface area contributed by atoms with Crippen molar-refractivity contribution in [2.24, 2.45) is 0 Å². The molecule has 1 aromatic heterocycles. The fourth-order valence-electron chi connectivity index (χ4n) is 1.66. The first-order valence-corrected chi connectivity index (χ1v) is 7.02. The fourth-order valence-corrected chi connectivity index (χ4v) is 2.99. The molecule has 0 aliphatic heterocycles. The standard InChI is InChI=1S/C12H9BrFNO3S/c13-9-5-7(14)1-2-8(9)10-6-19-12(18)15(10)4-3-11(16)17/h1-2,5-6H,3-4H2,(H,16,17). The highest BCUT2D eigenvalue weighted by atomic mass is 79.9. The van der Waals surface area contributed by atoms with Gasteiger partial charge in [0.1, 0.15) is 5.82 Å². The van der Waals surface area contributed by atoms with Crippen molar-refractivity contribution < 1.29 is 14.3 Å². The van der Waals surface area contributed by atoms with E-state index < -0.39 is 5.97 Å². The Morgan fingerprint density at radius 2 is 2.21 bits per heavy atom. The molecule has 1 heterocycles. The second-order valence-electron chi connectivity index (χ2n) is 3.81. The third kappa shape index (κ3) is 3.10. The van der Waals surface area contributed by atoms with Crippen LogP contribution >= 0.6 is 27.3 Å². The number of hydrogen-bond donors (Lipinski definition) is 1. The van der Waals surface area contributed by atoms with Crippen LogP contribution in [0.15, 0.2) is 32.8 Å². The van der Waals surface area contributed by atoms with Gasteiger partial charge in [-0.15, -0.1) is 0 Å². The summed E-state index contributed by atoms with van der Waals surface area (Å²) >= 11 is 4.23. The number of carboxylic acid groups (broad SMARTS) is 1. The molecule has 0 radical (unpaired) electrons. The zero-order valence-electron chi connectivity index (χ0n) is 9.60. The van der Waals surface area contributed by atoms with E-state index in [1.54, 1.807) is 11.4 Å². The SMILES string of the molecule is O=C(O)CCn1c(-c2ccc(F)cc2Br)csc1=O. The van der Waals surface area contributed by atoms with E-state index >= 15 is 0 Å². The largest absolute Gasteiger partial charge is 0.481 e. The van der Waals surface area contributed by atoms with E-state index in [2.05, 4.69) is 15.9 Å². The van der Waals surface area contributed by atoms with Crippen molar-refractivity contribution in [2.75, 3.05) is 0 Å². The van der Waals surface area contributed by atoms with E-state index in [-0.39, 0.29) is 23.7 Å². The molecule has 1 N–H and O–H groups in total. The maximum absolute atomic E-state index is 13.0. The van der Waals surface area contributed by atoms with Crippen molar-refractivity contribution in [3.8, 4) is 11.3 Å². The van der Waals surface area contributed by atoms with Gasteiger partial charge < -0.3 is 5.11 Å². The molecule has 0 aliphatic carbocycles. The summed E-state index contributed by atoms with van der Waals surface area (Å²) in [5.41, 5.74) is 1.24. The van der Waals surface area contributed by atoms with Crippen molar-refractivity contribution in [1.29, 1.82) is 0 Å². The summed E-state index contributed by atoms with van der Waals surface area (Å²) in [5, 5.41) is 10.3. The molecule has 0 atom stereocenters. The highest BCUT2D eigenvalue weighted by molar-refractivity contribution is 9.10. The summed E-state index contributed by atoms with van der Waals surface area (Å²) < 4.78 is 15.0.